The lowest BCUT2D eigenvalue weighted by molar-refractivity contribution is 0.794. The molecule has 3 aliphatic rings. The van der Waals surface area contributed by atoms with E-state index in [0.717, 1.165) is 17.1 Å². The van der Waals surface area contributed by atoms with Gasteiger partial charge in [-0.1, -0.05) is 212 Å². The lowest BCUT2D eigenvalue weighted by atomic mass is 9.70. The molecule has 0 aromatic heterocycles. The first-order chi connectivity index (χ1) is 32.8. The van der Waals surface area contributed by atoms with Gasteiger partial charge in [-0.05, 0) is 142 Å². The van der Waals surface area contributed by atoms with Gasteiger partial charge in [-0.25, -0.2) is 0 Å². The second kappa shape index (κ2) is 14.2. The lowest BCUT2D eigenvalue weighted by Gasteiger charge is -2.32. The Labute approximate surface area is 385 Å². The molecule has 66 heavy (non-hydrogen) atoms. The number of hydrogen-bond donors (Lipinski definition) is 0. The normalized spacial score (nSPS) is 13.0. The van der Waals surface area contributed by atoms with E-state index in [1.54, 1.807) is 0 Å². The van der Waals surface area contributed by atoms with E-state index in [1.165, 1.54) is 111 Å². The van der Waals surface area contributed by atoms with Gasteiger partial charge in [-0.2, -0.15) is 0 Å². The van der Waals surface area contributed by atoms with Crippen LogP contribution in [0.25, 0.3) is 88.7 Å². The summed E-state index contributed by atoms with van der Waals surface area (Å²) in [5.74, 6) is 0. The minimum absolute atomic E-state index is 0.457. The Kier molecular flexibility index (Phi) is 7.97. The molecule has 14 rings (SSSR count). The molecule has 0 N–H and O–H groups in total. The summed E-state index contributed by atoms with van der Waals surface area (Å²) >= 11 is 0. The Morgan fingerprint density at radius 1 is 0.258 bits per heavy atom. The third kappa shape index (κ3) is 5.17. The van der Waals surface area contributed by atoms with Crippen LogP contribution in [0.1, 0.15) is 22.3 Å². The fourth-order valence-corrected chi connectivity index (χ4v) is 11.9. The highest BCUT2D eigenvalue weighted by Crippen LogP contribution is 2.65. The predicted molar refractivity (Wildman–Crippen MR) is 276 cm³/mol. The molecule has 0 saturated carbocycles. The largest absolute Gasteiger partial charge is 0.310 e. The molecular weight excluding hydrogens is 795 g/mol. The molecule has 306 valence electrons. The standard InChI is InChI=1S/C65H41N/c1-3-17-42(18-4-1)45-39-46(43-19-5-2-6-20-43)41-48(40-45)66(47-35-33-44(34-36-47)49-37-38-56-51-22-8-7-21-50(51)55-27-15-26-54(49)63(55)56)62-32-16-31-61-64(62)57-25-11-14-30-60(57)65(61)58-28-12-9-23-52(58)53-24-10-13-29-59(53)65/h1-41H. The van der Waals surface area contributed by atoms with Crippen LogP contribution in [-0.4, -0.2) is 0 Å². The first kappa shape index (κ1) is 36.9. The molecule has 0 aliphatic heterocycles. The van der Waals surface area contributed by atoms with Crippen molar-refractivity contribution in [2.75, 3.05) is 4.90 Å². The fraction of sp³-hybridized carbons (Fsp3) is 0.0154. The van der Waals surface area contributed by atoms with E-state index in [0.29, 0.717) is 0 Å². The van der Waals surface area contributed by atoms with Crippen LogP contribution in [0.15, 0.2) is 249 Å². The fourth-order valence-electron chi connectivity index (χ4n) is 11.9. The second-order valence-electron chi connectivity index (χ2n) is 17.9. The van der Waals surface area contributed by atoms with Crippen molar-refractivity contribution in [2.24, 2.45) is 0 Å². The third-order valence-electron chi connectivity index (χ3n) is 14.6. The quantitative estimate of drug-likeness (QED) is 0.161. The number of rotatable bonds is 6. The van der Waals surface area contributed by atoms with Gasteiger partial charge in [0.05, 0.1) is 11.1 Å². The molecular formula is C65H41N. The van der Waals surface area contributed by atoms with E-state index in [1.807, 2.05) is 0 Å². The van der Waals surface area contributed by atoms with E-state index in [-0.39, 0.29) is 0 Å². The molecule has 0 bridgehead atoms. The number of benzene rings is 11. The summed E-state index contributed by atoms with van der Waals surface area (Å²) in [4.78, 5) is 2.52. The lowest BCUT2D eigenvalue weighted by Crippen LogP contribution is -2.26. The molecule has 1 heteroatoms. The van der Waals surface area contributed by atoms with Crippen molar-refractivity contribution < 1.29 is 0 Å². The summed E-state index contributed by atoms with van der Waals surface area (Å²) in [6.07, 6.45) is 0. The molecule has 1 nitrogen and oxygen atoms in total. The van der Waals surface area contributed by atoms with Crippen LogP contribution >= 0.6 is 0 Å². The molecule has 0 atom stereocenters. The van der Waals surface area contributed by atoms with Gasteiger partial charge in [0.2, 0.25) is 0 Å². The predicted octanol–water partition coefficient (Wildman–Crippen LogP) is 17.3. The minimum Gasteiger partial charge on any atom is -0.310 e. The molecule has 0 fully saturated rings. The topological polar surface area (TPSA) is 3.24 Å². The van der Waals surface area contributed by atoms with Crippen molar-refractivity contribution in [1.82, 2.24) is 0 Å². The zero-order valence-corrected chi connectivity index (χ0v) is 36.1. The summed E-state index contributed by atoms with van der Waals surface area (Å²) in [6.45, 7) is 0. The maximum atomic E-state index is 2.52. The summed E-state index contributed by atoms with van der Waals surface area (Å²) in [5, 5.41) is 2.63. The Bertz CT molecular complexity index is 3620. The van der Waals surface area contributed by atoms with Gasteiger partial charge < -0.3 is 4.90 Å². The van der Waals surface area contributed by atoms with Crippen molar-refractivity contribution in [3.63, 3.8) is 0 Å². The number of fused-ring (bicyclic) bond motifs is 13. The third-order valence-corrected chi connectivity index (χ3v) is 14.6. The van der Waals surface area contributed by atoms with Crippen LogP contribution in [-0.2, 0) is 5.41 Å². The smallest absolute Gasteiger partial charge is 0.0726 e. The number of hydrogen-bond acceptors (Lipinski definition) is 1. The minimum atomic E-state index is -0.457. The molecule has 11 aromatic rings. The van der Waals surface area contributed by atoms with Gasteiger partial charge in [0.25, 0.3) is 0 Å². The van der Waals surface area contributed by atoms with E-state index >= 15 is 0 Å². The maximum absolute atomic E-state index is 2.52. The SMILES string of the molecule is c1ccc(-c2cc(-c3ccccc3)cc(N(c3ccc(-c4ccc5c6c(cccc46)-c4ccccc4-5)cc3)c3cccc4c3-c3ccccc3C43c4ccccc4-c4ccccc43)c2)cc1. The van der Waals surface area contributed by atoms with Gasteiger partial charge in [0, 0.05) is 16.9 Å². The zero-order chi connectivity index (χ0) is 43.3. The van der Waals surface area contributed by atoms with E-state index in [4.69, 9.17) is 0 Å². The summed E-state index contributed by atoms with van der Waals surface area (Å²) in [7, 11) is 0. The van der Waals surface area contributed by atoms with Gasteiger partial charge in [-0.15, -0.1) is 0 Å². The first-order valence-electron chi connectivity index (χ1n) is 23.0. The highest BCUT2D eigenvalue weighted by atomic mass is 15.1. The number of anilines is 3. The van der Waals surface area contributed by atoms with Crippen molar-refractivity contribution >= 4 is 27.8 Å². The molecule has 0 saturated heterocycles. The molecule has 0 unspecified atom stereocenters. The van der Waals surface area contributed by atoms with Crippen LogP contribution in [0.5, 0.6) is 0 Å². The monoisotopic (exact) mass is 835 g/mol. The van der Waals surface area contributed by atoms with Crippen LogP contribution in [0.3, 0.4) is 0 Å². The molecule has 3 aliphatic carbocycles. The van der Waals surface area contributed by atoms with E-state index in [9.17, 15) is 0 Å². The Hall–Kier alpha value is -8.52. The first-order valence-corrected chi connectivity index (χ1v) is 23.0. The average Bonchev–Trinajstić information content (AvgIpc) is 4.00. The van der Waals surface area contributed by atoms with E-state index in [2.05, 4.69) is 254 Å². The molecule has 11 aromatic carbocycles. The van der Waals surface area contributed by atoms with Gasteiger partial charge >= 0.3 is 0 Å². The van der Waals surface area contributed by atoms with Crippen LogP contribution in [0.2, 0.25) is 0 Å². The Balaban J connectivity index is 1.02. The van der Waals surface area contributed by atoms with Gasteiger partial charge in [-0.3, -0.25) is 0 Å². The molecule has 1 spiro atoms. The molecule has 0 radical (unpaired) electrons. The Morgan fingerprint density at radius 2 is 0.727 bits per heavy atom. The van der Waals surface area contributed by atoms with Gasteiger partial charge in [0.15, 0.2) is 0 Å². The van der Waals surface area contributed by atoms with Crippen LogP contribution < -0.4 is 4.90 Å². The molecule has 0 heterocycles. The summed E-state index contributed by atoms with van der Waals surface area (Å²) < 4.78 is 0. The number of nitrogens with zero attached hydrogens (tertiary/aromatic N) is 1. The van der Waals surface area contributed by atoms with Crippen molar-refractivity contribution in [3.05, 3.63) is 271 Å². The van der Waals surface area contributed by atoms with Crippen molar-refractivity contribution in [1.29, 1.82) is 0 Å². The van der Waals surface area contributed by atoms with Crippen molar-refractivity contribution in [2.45, 2.75) is 5.41 Å². The second-order valence-corrected chi connectivity index (χ2v) is 17.9. The summed E-state index contributed by atoms with van der Waals surface area (Å²) in [5.41, 5.74) is 25.8. The maximum Gasteiger partial charge on any atom is 0.0726 e. The summed E-state index contributed by atoms with van der Waals surface area (Å²) in [6, 6.07) is 92.6. The van der Waals surface area contributed by atoms with Crippen LogP contribution in [0, 0.1) is 0 Å². The van der Waals surface area contributed by atoms with E-state index < -0.39 is 5.41 Å². The molecule has 0 amide bonds. The highest BCUT2D eigenvalue weighted by Gasteiger charge is 2.52. The Morgan fingerprint density at radius 3 is 1.35 bits per heavy atom. The van der Waals surface area contributed by atoms with Crippen molar-refractivity contribution in [3.8, 4) is 77.9 Å². The average molecular weight is 836 g/mol. The zero-order valence-electron chi connectivity index (χ0n) is 36.1. The van der Waals surface area contributed by atoms with Gasteiger partial charge in [0.1, 0.15) is 0 Å². The van der Waals surface area contributed by atoms with Crippen LogP contribution in [0.4, 0.5) is 17.1 Å². The highest BCUT2D eigenvalue weighted by molar-refractivity contribution is 6.18.